The van der Waals surface area contributed by atoms with Gasteiger partial charge in [-0.3, -0.25) is 9.98 Å². The van der Waals surface area contributed by atoms with Crippen LogP contribution in [0, 0.1) is 0 Å². The molecule has 146 valence electrons. The van der Waals surface area contributed by atoms with Gasteiger partial charge in [-0.1, -0.05) is 38.1 Å². The Bertz CT molecular complexity index is 755. The van der Waals surface area contributed by atoms with Gasteiger partial charge in [0.25, 0.3) is 0 Å². The fourth-order valence-electron chi connectivity index (χ4n) is 2.60. The third-order valence-corrected chi connectivity index (χ3v) is 4.29. The second-order valence-corrected chi connectivity index (χ2v) is 6.89. The molecule has 0 aliphatic rings. The zero-order chi connectivity index (χ0) is 19.9. The maximum Gasteiger partial charge on any atom is 0.416 e. The Morgan fingerprint density at radius 1 is 1.04 bits per heavy atom. The summed E-state index contributed by atoms with van der Waals surface area (Å²) in [6.07, 6.45) is -1.85. The molecule has 2 N–H and O–H groups in total. The first-order valence-electron chi connectivity index (χ1n) is 8.74. The van der Waals surface area contributed by atoms with Crippen LogP contribution in [0.1, 0.15) is 30.7 Å². The zero-order valence-electron chi connectivity index (χ0n) is 15.8. The SMILES string of the molecule is CN=C(NCCc1ccccn1)NCC(C)(C)c1cccc(C(F)(F)F)c1. The molecule has 0 saturated carbocycles. The molecule has 4 nitrogen and oxygen atoms in total. The first-order chi connectivity index (χ1) is 12.7. The minimum atomic E-state index is -4.34. The van der Waals surface area contributed by atoms with Crippen molar-refractivity contribution in [3.8, 4) is 0 Å². The molecule has 0 saturated heterocycles. The van der Waals surface area contributed by atoms with Crippen LogP contribution < -0.4 is 10.6 Å². The van der Waals surface area contributed by atoms with Crippen molar-refractivity contribution in [3.05, 3.63) is 65.5 Å². The normalized spacial score (nSPS) is 12.7. The number of aliphatic imine (C=N–C) groups is 1. The maximum absolute atomic E-state index is 13.0. The molecule has 0 amide bonds. The number of nitrogens with zero attached hydrogens (tertiary/aromatic N) is 2. The van der Waals surface area contributed by atoms with E-state index in [0.717, 1.165) is 18.2 Å². The molecule has 27 heavy (non-hydrogen) atoms. The smallest absolute Gasteiger partial charge is 0.356 e. The van der Waals surface area contributed by atoms with Crippen molar-refractivity contribution in [1.82, 2.24) is 15.6 Å². The van der Waals surface area contributed by atoms with Crippen LogP contribution in [0.3, 0.4) is 0 Å². The van der Waals surface area contributed by atoms with Crippen LogP contribution in [-0.2, 0) is 18.0 Å². The third kappa shape index (κ3) is 6.27. The van der Waals surface area contributed by atoms with E-state index in [0.29, 0.717) is 24.6 Å². The van der Waals surface area contributed by atoms with Gasteiger partial charge in [-0.2, -0.15) is 13.2 Å². The van der Waals surface area contributed by atoms with Crippen LogP contribution in [0.5, 0.6) is 0 Å². The molecule has 7 heteroatoms. The van der Waals surface area contributed by atoms with Gasteiger partial charge in [-0.25, -0.2) is 0 Å². The van der Waals surface area contributed by atoms with E-state index < -0.39 is 17.2 Å². The number of hydrogen-bond donors (Lipinski definition) is 2. The molecule has 1 heterocycles. The number of hydrogen-bond acceptors (Lipinski definition) is 2. The van der Waals surface area contributed by atoms with Gasteiger partial charge >= 0.3 is 6.18 Å². The summed E-state index contributed by atoms with van der Waals surface area (Å²) in [5, 5.41) is 6.39. The molecule has 0 radical (unpaired) electrons. The van der Waals surface area contributed by atoms with Crippen LogP contribution in [-0.4, -0.2) is 31.1 Å². The van der Waals surface area contributed by atoms with Crippen molar-refractivity contribution in [2.45, 2.75) is 31.9 Å². The lowest BCUT2D eigenvalue weighted by molar-refractivity contribution is -0.137. The number of pyridine rings is 1. The first-order valence-corrected chi connectivity index (χ1v) is 8.74. The first kappa shape index (κ1) is 20.7. The molecule has 0 bridgehead atoms. The largest absolute Gasteiger partial charge is 0.416 e. The highest BCUT2D eigenvalue weighted by Gasteiger charge is 2.32. The Morgan fingerprint density at radius 2 is 1.78 bits per heavy atom. The van der Waals surface area contributed by atoms with E-state index >= 15 is 0 Å². The lowest BCUT2D eigenvalue weighted by atomic mass is 9.84. The lowest BCUT2D eigenvalue weighted by Crippen LogP contribution is -2.44. The highest BCUT2D eigenvalue weighted by atomic mass is 19.4. The number of nitrogens with one attached hydrogen (secondary N) is 2. The van der Waals surface area contributed by atoms with Crippen molar-refractivity contribution in [3.63, 3.8) is 0 Å². The molecule has 0 aliphatic heterocycles. The monoisotopic (exact) mass is 378 g/mol. The van der Waals surface area contributed by atoms with Gasteiger partial charge in [0, 0.05) is 43.9 Å². The number of benzene rings is 1. The number of halogens is 3. The highest BCUT2D eigenvalue weighted by molar-refractivity contribution is 5.79. The molecule has 0 atom stereocenters. The molecule has 2 rings (SSSR count). The topological polar surface area (TPSA) is 49.3 Å². The van der Waals surface area contributed by atoms with Crippen LogP contribution in [0.25, 0.3) is 0 Å². The summed E-state index contributed by atoms with van der Waals surface area (Å²) in [5.41, 5.74) is 0.462. The molecule has 2 aromatic rings. The molecule has 0 spiro atoms. The van der Waals surface area contributed by atoms with Gasteiger partial charge < -0.3 is 10.6 Å². The predicted molar refractivity (Wildman–Crippen MR) is 102 cm³/mol. The van der Waals surface area contributed by atoms with Gasteiger partial charge in [0.1, 0.15) is 0 Å². The summed E-state index contributed by atoms with van der Waals surface area (Å²) in [5.74, 6) is 0.603. The minimum Gasteiger partial charge on any atom is -0.356 e. The van der Waals surface area contributed by atoms with Crippen molar-refractivity contribution in [2.75, 3.05) is 20.1 Å². The number of alkyl halides is 3. The summed E-state index contributed by atoms with van der Waals surface area (Å²) in [6.45, 7) is 4.89. The second-order valence-electron chi connectivity index (χ2n) is 6.89. The standard InChI is InChI=1S/C20H25F3N4/c1-19(2,15-7-6-8-16(13-15)20(21,22)23)14-27-18(24-3)26-12-10-17-9-4-5-11-25-17/h4-9,11,13H,10,12,14H2,1-3H3,(H2,24,26,27). The van der Waals surface area contributed by atoms with E-state index in [4.69, 9.17) is 0 Å². The van der Waals surface area contributed by atoms with Gasteiger partial charge in [-0.05, 0) is 23.8 Å². The van der Waals surface area contributed by atoms with Gasteiger partial charge in [0.05, 0.1) is 5.56 Å². The van der Waals surface area contributed by atoms with Crippen LogP contribution in [0.2, 0.25) is 0 Å². The second kappa shape index (κ2) is 8.88. The molecule has 1 aromatic heterocycles. The fraction of sp³-hybridized carbons (Fsp3) is 0.400. The van der Waals surface area contributed by atoms with Gasteiger partial charge in [-0.15, -0.1) is 0 Å². The van der Waals surface area contributed by atoms with Crippen LogP contribution in [0.4, 0.5) is 13.2 Å². The molecular formula is C20H25F3N4. The predicted octanol–water partition coefficient (Wildman–Crippen LogP) is 3.79. The highest BCUT2D eigenvalue weighted by Crippen LogP contribution is 2.32. The maximum atomic E-state index is 13.0. The number of aromatic nitrogens is 1. The van der Waals surface area contributed by atoms with Crippen molar-refractivity contribution >= 4 is 5.96 Å². The van der Waals surface area contributed by atoms with Gasteiger partial charge in [0.15, 0.2) is 5.96 Å². The van der Waals surface area contributed by atoms with Crippen LogP contribution >= 0.6 is 0 Å². The third-order valence-electron chi connectivity index (χ3n) is 4.29. The van der Waals surface area contributed by atoms with E-state index in [1.54, 1.807) is 19.3 Å². The summed E-state index contributed by atoms with van der Waals surface area (Å²) in [7, 11) is 1.66. The van der Waals surface area contributed by atoms with E-state index in [-0.39, 0.29) is 0 Å². The zero-order valence-corrected chi connectivity index (χ0v) is 15.8. The van der Waals surface area contributed by atoms with Crippen molar-refractivity contribution < 1.29 is 13.2 Å². The summed E-state index contributed by atoms with van der Waals surface area (Å²) >= 11 is 0. The molecule has 0 aliphatic carbocycles. The summed E-state index contributed by atoms with van der Waals surface area (Å²) in [4.78, 5) is 8.43. The van der Waals surface area contributed by atoms with E-state index in [2.05, 4.69) is 20.6 Å². The number of guanidine groups is 1. The quantitative estimate of drug-likeness (QED) is 0.594. The Balaban J connectivity index is 1.92. The molecule has 0 fully saturated rings. The summed E-state index contributed by atoms with van der Waals surface area (Å²) in [6, 6.07) is 11.2. The summed E-state index contributed by atoms with van der Waals surface area (Å²) < 4.78 is 38.9. The van der Waals surface area contributed by atoms with Gasteiger partial charge in [0.2, 0.25) is 0 Å². The minimum absolute atomic E-state index is 0.442. The molecular weight excluding hydrogens is 353 g/mol. The average Bonchev–Trinajstić information content (AvgIpc) is 2.65. The van der Waals surface area contributed by atoms with Crippen molar-refractivity contribution in [2.24, 2.45) is 4.99 Å². The van der Waals surface area contributed by atoms with E-state index in [1.807, 2.05) is 32.0 Å². The molecule has 1 aromatic carbocycles. The van der Waals surface area contributed by atoms with E-state index in [1.165, 1.54) is 12.1 Å². The molecule has 0 unspecified atom stereocenters. The Hall–Kier alpha value is -2.57. The Kier molecular flexibility index (Phi) is 6.82. The van der Waals surface area contributed by atoms with Crippen molar-refractivity contribution in [1.29, 1.82) is 0 Å². The Labute approximate surface area is 157 Å². The fourth-order valence-corrected chi connectivity index (χ4v) is 2.60. The average molecular weight is 378 g/mol. The van der Waals surface area contributed by atoms with Crippen LogP contribution in [0.15, 0.2) is 53.7 Å². The number of rotatable bonds is 6. The Morgan fingerprint density at radius 3 is 2.41 bits per heavy atom. The lowest BCUT2D eigenvalue weighted by Gasteiger charge is -2.27. The van der Waals surface area contributed by atoms with E-state index in [9.17, 15) is 13.2 Å².